The molecular formula is C12H23BN2. The van der Waals surface area contributed by atoms with Crippen molar-refractivity contribution in [2.45, 2.75) is 44.5 Å². The summed E-state index contributed by atoms with van der Waals surface area (Å²) in [5.74, 6) is 2.96. The number of aliphatic imine (C=N–C) groups is 1. The monoisotopic (exact) mass is 206 g/mol. The Bertz CT molecular complexity index is 285. The summed E-state index contributed by atoms with van der Waals surface area (Å²) in [6.07, 6.45) is 3.90. The Labute approximate surface area is 94.5 Å². The molecule has 15 heavy (non-hydrogen) atoms. The van der Waals surface area contributed by atoms with Crippen molar-refractivity contribution in [1.29, 1.82) is 0 Å². The van der Waals surface area contributed by atoms with Crippen LogP contribution in [0.3, 0.4) is 0 Å². The van der Waals surface area contributed by atoms with Crippen LogP contribution in [0, 0.1) is 11.8 Å². The van der Waals surface area contributed by atoms with Gasteiger partial charge in [-0.15, -0.1) is 0 Å². The van der Waals surface area contributed by atoms with E-state index in [2.05, 4.69) is 38.6 Å². The van der Waals surface area contributed by atoms with Gasteiger partial charge in [0.15, 0.2) is 0 Å². The molecule has 1 heterocycles. The molecule has 4 atom stereocenters. The molecule has 0 aromatic rings. The number of rotatable bonds is 0. The van der Waals surface area contributed by atoms with Gasteiger partial charge in [0.2, 0.25) is 0 Å². The Morgan fingerprint density at radius 1 is 1.53 bits per heavy atom. The number of hydrogen-bond acceptors (Lipinski definition) is 1. The van der Waals surface area contributed by atoms with Crippen molar-refractivity contribution in [3.63, 3.8) is 0 Å². The van der Waals surface area contributed by atoms with Gasteiger partial charge in [-0.1, -0.05) is 25.6 Å². The Hall–Kier alpha value is -0.465. The van der Waals surface area contributed by atoms with Gasteiger partial charge in [-0.2, -0.15) is 0 Å². The van der Waals surface area contributed by atoms with E-state index in [-0.39, 0.29) is 0 Å². The third-order valence-electron chi connectivity index (χ3n) is 5.03. The maximum absolute atomic E-state index is 4.42. The predicted octanol–water partition coefficient (Wildman–Crippen LogP) is 1.58. The lowest BCUT2D eigenvalue weighted by molar-refractivity contribution is 0.139. The van der Waals surface area contributed by atoms with Crippen molar-refractivity contribution >= 4 is 13.7 Å². The molecule has 1 aliphatic carbocycles. The molecule has 0 aromatic heterocycles. The van der Waals surface area contributed by atoms with Crippen LogP contribution in [0.5, 0.6) is 0 Å². The molecule has 1 saturated carbocycles. The van der Waals surface area contributed by atoms with Gasteiger partial charge in [-0.25, -0.2) is 0 Å². The second kappa shape index (κ2) is 3.53. The maximum atomic E-state index is 4.42. The molecule has 3 heteroatoms. The lowest BCUT2D eigenvalue weighted by atomic mass is 9.52. The van der Waals surface area contributed by atoms with E-state index in [9.17, 15) is 0 Å². The molecule has 2 fully saturated rings. The van der Waals surface area contributed by atoms with Crippen LogP contribution in [0.1, 0.15) is 33.1 Å². The zero-order valence-corrected chi connectivity index (χ0v) is 10.7. The van der Waals surface area contributed by atoms with Gasteiger partial charge in [0, 0.05) is 26.6 Å². The van der Waals surface area contributed by atoms with E-state index in [1.165, 1.54) is 25.1 Å². The first-order valence-corrected chi connectivity index (χ1v) is 6.16. The highest BCUT2D eigenvalue weighted by Gasteiger charge is 2.47. The average Bonchev–Trinajstić information content (AvgIpc) is 2.50. The molecule has 0 radical (unpaired) electrons. The summed E-state index contributed by atoms with van der Waals surface area (Å²) in [5.41, 5.74) is 0. The third kappa shape index (κ3) is 1.60. The minimum atomic E-state index is 0.519. The summed E-state index contributed by atoms with van der Waals surface area (Å²) in [5, 5.41) is 0.519. The van der Waals surface area contributed by atoms with E-state index in [0.717, 1.165) is 17.9 Å². The van der Waals surface area contributed by atoms with Crippen LogP contribution < -0.4 is 0 Å². The number of hydrogen-bond donors (Lipinski definition) is 0. The molecule has 2 nitrogen and oxygen atoms in total. The Morgan fingerprint density at radius 3 is 2.80 bits per heavy atom. The number of amidine groups is 1. The van der Waals surface area contributed by atoms with Gasteiger partial charge in [-0.3, -0.25) is 4.99 Å². The van der Waals surface area contributed by atoms with E-state index in [1.807, 2.05) is 7.05 Å². The SMILES string of the molecule is BC1(C)CCC2C(C/C(=N\C)N2C)C1C. The summed E-state index contributed by atoms with van der Waals surface area (Å²) in [4.78, 5) is 6.84. The van der Waals surface area contributed by atoms with Crippen LogP contribution in [-0.2, 0) is 0 Å². The minimum Gasteiger partial charge on any atom is -0.360 e. The molecule has 0 N–H and O–H groups in total. The Balaban J connectivity index is 2.23. The summed E-state index contributed by atoms with van der Waals surface area (Å²) >= 11 is 0. The number of likely N-dealkylation sites (tertiary alicyclic amines) is 1. The van der Waals surface area contributed by atoms with E-state index in [0.29, 0.717) is 5.31 Å². The van der Waals surface area contributed by atoms with Crippen molar-refractivity contribution in [3.05, 3.63) is 0 Å². The Morgan fingerprint density at radius 2 is 2.20 bits per heavy atom. The molecule has 0 amide bonds. The van der Waals surface area contributed by atoms with Crippen LogP contribution in [-0.4, -0.2) is 38.7 Å². The molecule has 2 rings (SSSR count). The standard InChI is InChI=1S/C12H23BN2/c1-8-9-7-11(14-3)15(4)10(9)5-6-12(8,2)13/h8-10H,5-7,13H2,1-4H3/b14-11+. The average molecular weight is 206 g/mol. The first-order chi connectivity index (χ1) is 6.97. The topological polar surface area (TPSA) is 15.6 Å². The van der Waals surface area contributed by atoms with Crippen molar-refractivity contribution < 1.29 is 0 Å². The lowest BCUT2D eigenvalue weighted by Crippen LogP contribution is -2.41. The molecule has 84 valence electrons. The van der Waals surface area contributed by atoms with Crippen LogP contribution in [0.2, 0.25) is 5.31 Å². The molecule has 1 saturated heterocycles. The molecular weight excluding hydrogens is 183 g/mol. The normalized spacial score (nSPS) is 48.4. The van der Waals surface area contributed by atoms with E-state index >= 15 is 0 Å². The first kappa shape index (κ1) is 11.0. The largest absolute Gasteiger partial charge is 0.360 e. The zero-order valence-electron chi connectivity index (χ0n) is 10.7. The van der Waals surface area contributed by atoms with Crippen LogP contribution >= 0.6 is 0 Å². The smallest absolute Gasteiger partial charge is 0.109 e. The van der Waals surface area contributed by atoms with Crippen molar-refractivity contribution in [2.24, 2.45) is 16.8 Å². The zero-order chi connectivity index (χ0) is 11.2. The van der Waals surface area contributed by atoms with Crippen LogP contribution in [0.4, 0.5) is 0 Å². The van der Waals surface area contributed by atoms with Gasteiger partial charge in [0.05, 0.1) is 5.84 Å². The quantitative estimate of drug-likeness (QED) is 0.549. The molecule has 0 bridgehead atoms. The number of fused-ring (bicyclic) bond motifs is 1. The highest BCUT2D eigenvalue weighted by atomic mass is 15.2. The van der Waals surface area contributed by atoms with Crippen molar-refractivity contribution in [2.75, 3.05) is 14.1 Å². The highest BCUT2D eigenvalue weighted by molar-refractivity contribution is 6.15. The molecule has 2 aliphatic rings. The van der Waals surface area contributed by atoms with Crippen molar-refractivity contribution in [3.8, 4) is 0 Å². The fourth-order valence-corrected chi connectivity index (χ4v) is 3.46. The fraction of sp³-hybridized carbons (Fsp3) is 0.917. The second-order valence-corrected chi connectivity index (χ2v) is 6.00. The summed E-state index contributed by atoms with van der Waals surface area (Å²) in [6, 6.07) is 0.756. The van der Waals surface area contributed by atoms with Gasteiger partial charge in [0.1, 0.15) is 7.85 Å². The molecule has 0 spiro atoms. The highest BCUT2D eigenvalue weighted by Crippen LogP contribution is 2.51. The molecule has 4 unspecified atom stereocenters. The first-order valence-electron chi connectivity index (χ1n) is 6.16. The van der Waals surface area contributed by atoms with Gasteiger partial charge in [0.25, 0.3) is 0 Å². The Kier molecular flexibility index (Phi) is 2.60. The summed E-state index contributed by atoms with van der Waals surface area (Å²) in [6.45, 7) is 4.86. The minimum absolute atomic E-state index is 0.519. The van der Waals surface area contributed by atoms with Gasteiger partial charge >= 0.3 is 0 Å². The fourth-order valence-electron chi connectivity index (χ4n) is 3.46. The number of nitrogens with zero attached hydrogens (tertiary/aromatic N) is 2. The van der Waals surface area contributed by atoms with Gasteiger partial charge < -0.3 is 4.90 Å². The molecule has 0 aromatic carbocycles. The predicted molar refractivity (Wildman–Crippen MR) is 68.3 cm³/mol. The summed E-state index contributed by atoms with van der Waals surface area (Å²) < 4.78 is 0. The molecule has 1 aliphatic heterocycles. The maximum Gasteiger partial charge on any atom is 0.109 e. The lowest BCUT2D eigenvalue weighted by Gasteiger charge is -2.45. The van der Waals surface area contributed by atoms with Crippen LogP contribution in [0.25, 0.3) is 0 Å². The third-order valence-corrected chi connectivity index (χ3v) is 5.03. The van der Waals surface area contributed by atoms with Crippen molar-refractivity contribution in [1.82, 2.24) is 4.90 Å². The van der Waals surface area contributed by atoms with E-state index in [1.54, 1.807) is 0 Å². The van der Waals surface area contributed by atoms with Crippen LogP contribution in [0.15, 0.2) is 4.99 Å². The van der Waals surface area contributed by atoms with Gasteiger partial charge in [-0.05, 0) is 18.3 Å². The second-order valence-electron chi connectivity index (χ2n) is 6.00. The van der Waals surface area contributed by atoms with E-state index < -0.39 is 0 Å². The van der Waals surface area contributed by atoms with E-state index in [4.69, 9.17) is 0 Å². The summed E-state index contributed by atoms with van der Waals surface area (Å²) in [7, 11) is 6.58.